The van der Waals surface area contributed by atoms with Crippen molar-refractivity contribution in [1.82, 2.24) is 10.3 Å². The van der Waals surface area contributed by atoms with Crippen LogP contribution >= 0.6 is 0 Å². The SMILES string of the molecule is COC(=O)CCc1c(C(=O)OCc2ccccc2)[nH]c(CC2(O)CCC(=O)N2)c1CC(=O)OC. The Morgan fingerprint density at radius 2 is 1.76 bits per heavy atom. The Balaban J connectivity index is 1.96. The van der Waals surface area contributed by atoms with Crippen molar-refractivity contribution >= 4 is 23.8 Å². The quantitative estimate of drug-likeness (QED) is 0.347. The highest BCUT2D eigenvalue weighted by Crippen LogP contribution is 2.29. The number of ether oxygens (including phenoxy) is 3. The first-order valence-electron chi connectivity index (χ1n) is 10.9. The van der Waals surface area contributed by atoms with Crippen LogP contribution < -0.4 is 5.32 Å². The van der Waals surface area contributed by atoms with Gasteiger partial charge in [-0.25, -0.2) is 4.79 Å². The molecule has 1 atom stereocenters. The fourth-order valence-electron chi connectivity index (χ4n) is 3.92. The average molecular weight is 472 g/mol. The largest absolute Gasteiger partial charge is 0.469 e. The summed E-state index contributed by atoms with van der Waals surface area (Å²) in [7, 11) is 2.50. The van der Waals surface area contributed by atoms with E-state index in [1.54, 1.807) is 0 Å². The van der Waals surface area contributed by atoms with Gasteiger partial charge in [-0.15, -0.1) is 0 Å². The molecule has 1 aromatic heterocycles. The minimum absolute atomic E-state index is 0.0246. The van der Waals surface area contributed by atoms with Gasteiger partial charge in [-0.3, -0.25) is 14.4 Å². The van der Waals surface area contributed by atoms with Crippen LogP contribution in [-0.4, -0.2) is 53.9 Å². The van der Waals surface area contributed by atoms with Crippen LogP contribution in [-0.2, 0) is 54.5 Å². The number of nitrogens with one attached hydrogen (secondary N) is 2. The lowest BCUT2D eigenvalue weighted by molar-refractivity contribution is -0.141. The van der Waals surface area contributed by atoms with Crippen molar-refractivity contribution in [2.75, 3.05) is 14.2 Å². The summed E-state index contributed by atoms with van der Waals surface area (Å²) < 4.78 is 15.0. The van der Waals surface area contributed by atoms with Crippen LogP contribution in [0, 0.1) is 0 Å². The monoisotopic (exact) mass is 472 g/mol. The lowest BCUT2D eigenvalue weighted by atomic mass is 9.96. The summed E-state index contributed by atoms with van der Waals surface area (Å²) in [6.07, 6.45) is 0.119. The van der Waals surface area contributed by atoms with Crippen molar-refractivity contribution in [3.8, 4) is 0 Å². The van der Waals surface area contributed by atoms with Gasteiger partial charge in [-0.05, 0) is 23.1 Å². The summed E-state index contributed by atoms with van der Waals surface area (Å²) in [6.45, 7) is 0.0246. The van der Waals surface area contributed by atoms with Crippen LogP contribution in [0.4, 0.5) is 0 Å². The van der Waals surface area contributed by atoms with Gasteiger partial charge in [0.25, 0.3) is 0 Å². The molecule has 2 heterocycles. The van der Waals surface area contributed by atoms with Crippen molar-refractivity contribution in [2.45, 2.75) is 50.9 Å². The number of hydrogen-bond acceptors (Lipinski definition) is 8. The molecule has 1 unspecified atom stereocenters. The van der Waals surface area contributed by atoms with Crippen LogP contribution in [0.3, 0.4) is 0 Å². The molecular weight excluding hydrogens is 444 g/mol. The number of carbonyl (C=O) groups excluding carboxylic acids is 4. The third kappa shape index (κ3) is 6.22. The van der Waals surface area contributed by atoms with E-state index in [9.17, 15) is 24.3 Å². The Bertz CT molecular complexity index is 1060. The molecule has 1 aliphatic heterocycles. The van der Waals surface area contributed by atoms with E-state index in [-0.39, 0.29) is 56.7 Å². The molecule has 3 rings (SSSR count). The molecule has 1 aliphatic rings. The molecule has 2 aromatic rings. The van der Waals surface area contributed by atoms with Crippen LogP contribution in [0.15, 0.2) is 30.3 Å². The fraction of sp³-hybridized carbons (Fsp3) is 0.417. The maximum Gasteiger partial charge on any atom is 0.355 e. The van der Waals surface area contributed by atoms with Crippen molar-refractivity contribution in [3.05, 3.63) is 58.4 Å². The van der Waals surface area contributed by atoms with E-state index in [0.29, 0.717) is 16.8 Å². The van der Waals surface area contributed by atoms with Crippen molar-refractivity contribution in [2.24, 2.45) is 0 Å². The van der Waals surface area contributed by atoms with E-state index in [2.05, 4.69) is 10.3 Å². The Labute approximate surface area is 196 Å². The zero-order valence-corrected chi connectivity index (χ0v) is 19.1. The van der Waals surface area contributed by atoms with Gasteiger partial charge < -0.3 is 29.6 Å². The van der Waals surface area contributed by atoms with Crippen molar-refractivity contribution in [3.63, 3.8) is 0 Å². The fourth-order valence-corrected chi connectivity index (χ4v) is 3.92. The van der Waals surface area contributed by atoms with E-state index in [4.69, 9.17) is 14.2 Å². The first-order chi connectivity index (χ1) is 16.2. The molecule has 0 spiro atoms. The molecule has 0 radical (unpaired) electrons. The Kier molecular flexibility index (Phi) is 8.06. The zero-order chi connectivity index (χ0) is 24.7. The van der Waals surface area contributed by atoms with Gasteiger partial charge in [0.1, 0.15) is 18.0 Å². The molecule has 10 nitrogen and oxygen atoms in total. The second-order valence-corrected chi connectivity index (χ2v) is 8.08. The minimum atomic E-state index is -1.53. The molecule has 0 saturated carbocycles. The number of benzene rings is 1. The molecule has 1 fully saturated rings. The van der Waals surface area contributed by atoms with Gasteiger partial charge in [-0.2, -0.15) is 0 Å². The molecule has 34 heavy (non-hydrogen) atoms. The minimum Gasteiger partial charge on any atom is -0.469 e. The van der Waals surface area contributed by atoms with Gasteiger partial charge in [0, 0.05) is 31.4 Å². The van der Waals surface area contributed by atoms with E-state index in [0.717, 1.165) is 5.56 Å². The van der Waals surface area contributed by atoms with Crippen LogP contribution in [0.1, 0.15) is 52.1 Å². The first-order valence-corrected chi connectivity index (χ1v) is 10.9. The number of aliphatic hydroxyl groups is 1. The summed E-state index contributed by atoms with van der Waals surface area (Å²) in [6, 6.07) is 9.11. The normalized spacial score (nSPS) is 17.2. The molecule has 0 bridgehead atoms. The third-order valence-electron chi connectivity index (χ3n) is 5.69. The number of esters is 3. The maximum atomic E-state index is 13.0. The lowest BCUT2D eigenvalue weighted by Crippen LogP contribution is -2.43. The van der Waals surface area contributed by atoms with E-state index >= 15 is 0 Å². The average Bonchev–Trinajstić information content (AvgIpc) is 3.35. The highest BCUT2D eigenvalue weighted by atomic mass is 16.5. The number of H-pyrrole nitrogens is 1. The smallest absolute Gasteiger partial charge is 0.355 e. The van der Waals surface area contributed by atoms with Crippen LogP contribution in [0.25, 0.3) is 0 Å². The molecule has 1 saturated heterocycles. The van der Waals surface area contributed by atoms with Crippen molar-refractivity contribution < 1.29 is 38.5 Å². The Morgan fingerprint density at radius 1 is 1.06 bits per heavy atom. The van der Waals surface area contributed by atoms with E-state index in [1.165, 1.54) is 14.2 Å². The zero-order valence-electron chi connectivity index (χ0n) is 19.1. The second kappa shape index (κ2) is 11.0. The summed E-state index contributed by atoms with van der Waals surface area (Å²) in [5.74, 6) is -2.02. The number of amides is 1. The number of carbonyl (C=O) groups is 4. The van der Waals surface area contributed by atoms with E-state index < -0.39 is 23.6 Å². The topological polar surface area (TPSA) is 144 Å². The number of methoxy groups -OCH3 is 2. The van der Waals surface area contributed by atoms with Gasteiger partial charge in [0.15, 0.2) is 0 Å². The Hall–Kier alpha value is -3.66. The summed E-state index contributed by atoms with van der Waals surface area (Å²) >= 11 is 0. The van der Waals surface area contributed by atoms with Gasteiger partial charge in [0.2, 0.25) is 5.91 Å². The molecule has 1 aromatic carbocycles. The predicted octanol–water partition coefficient (Wildman–Crippen LogP) is 1.33. The van der Waals surface area contributed by atoms with Gasteiger partial charge in [-0.1, -0.05) is 30.3 Å². The molecule has 0 aliphatic carbocycles. The number of aromatic amines is 1. The third-order valence-corrected chi connectivity index (χ3v) is 5.69. The molecule has 10 heteroatoms. The number of aromatic nitrogens is 1. The highest BCUT2D eigenvalue weighted by molar-refractivity contribution is 5.91. The van der Waals surface area contributed by atoms with Crippen molar-refractivity contribution in [1.29, 1.82) is 0 Å². The standard InChI is InChI=1S/C24H28N2O8/c1-32-20(28)9-8-16-17(12-21(29)33-2)18(13-24(31)11-10-19(27)26-24)25-22(16)23(30)34-14-15-6-4-3-5-7-15/h3-7,25,31H,8-14H2,1-2H3,(H,26,27). The maximum absolute atomic E-state index is 13.0. The number of rotatable bonds is 10. The van der Waals surface area contributed by atoms with Crippen LogP contribution in [0.5, 0.6) is 0 Å². The summed E-state index contributed by atoms with van der Waals surface area (Å²) in [4.78, 5) is 51.7. The lowest BCUT2D eigenvalue weighted by Gasteiger charge is -2.22. The summed E-state index contributed by atoms with van der Waals surface area (Å²) in [5.41, 5.74) is 0.519. The number of hydrogen-bond donors (Lipinski definition) is 3. The van der Waals surface area contributed by atoms with Crippen LogP contribution in [0.2, 0.25) is 0 Å². The Morgan fingerprint density at radius 3 is 2.38 bits per heavy atom. The highest BCUT2D eigenvalue weighted by Gasteiger charge is 2.38. The molecule has 1 amide bonds. The molecule has 182 valence electrons. The second-order valence-electron chi connectivity index (χ2n) is 8.08. The predicted molar refractivity (Wildman–Crippen MR) is 118 cm³/mol. The van der Waals surface area contributed by atoms with E-state index in [1.807, 2.05) is 30.3 Å². The van der Waals surface area contributed by atoms with Gasteiger partial charge >= 0.3 is 17.9 Å². The first kappa shape index (κ1) is 25.0. The molecule has 3 N–H and O–H groups in total. The summed E-state index contributed by atoms with van der Waals surface area (Å²) in [5, 5.41) is 13.3. The van der Waals surface area contributed by atoms with Gasteiger partial charge in [0.05, 0.1) is 20.6 Å². The molecular formula is C24H28N2O8.